The summed E-state index contributed by atoms with van der Waals surface area (Å²) < 4.78 is 0. The molecule has 78 valence electrons. The van der Waals surface area contributed by atoms with Crippen LogP contribution in [0.5, 0.6) is 0 Å². The van der Waals surface area contributed by atoms with Crippen molar-refractivity contribution in [3.05, 3.63) is 0 Å². The Kier molecular flexibility index (Phi) is 4.11. The van der Waals surface area contributed by atoms with Crippen LogP contribution in [0.25, 0.3) is 0 Å². The van der Waals surface area contributed by atoms with E-state index >= 15 is 0 Å². The Balaban J connectivity index is 2.36. The van der Waals surface area contributed by atoms with Gasteiger partial charge in [-0.1, -0.05) is 20.8 Å². The van der Waals surface area contributed by atoms with E-state index < -0.39 is 0 Å². The molecule has 0 amide bonds. The Bertz CT molecular complexity index is 152. The molecule has 1 fully saturated rings. The minimum atomic E-state index is 0.376. The van der Waals surface area contributed by atoms with Gasteiger partial charge < -0.3 is 0 Å². The largest absolute Gasteiger partial charge is 0.300 e. The van der Waals surface area contributed by atoms with Crippen molar-refractivity contribution < 1.29 is 0 Å². The average molecular weight is 201 g/mol. The molecule has 1 nitrogen and oxygen atoms in total. The molecule has 0 heterocycles. The highest BCUT2D eigenvalue weighted by molar-refractivity contribution is 7.80. The maximum atomic E-state index is 4.41. The predicted molar refractivity (Wildman–Crippen MR) is 62.5 cm³/mol. The molecule has 13 heavy (non-hydrogen) atoms. The second-order valence-corrected chi connectivity index (χ2v) is 5.34. The Morgan fingerprint density at radius 3 is 2.38 bits per heavy atom. The van der Waals surface area contributed by atoms with Crippen LogP contribution in [0.1, 0.15) is 40.0 Å². The molecule has 0 spiro atoms. The van der Waals surface area contributed by atoms with E-state index in [1.54, 1.807) is 0 Å². The fourth-order valence-electron chi connectivity index (χ4n) is 1.72. The third-order valence-electron chi connectivity index (χ3n) is 2.63. The molecule has 0 aliphatic heterocycles. The van der Waals surface area contributed by atoms with Crippen LogP contribution >= 0.6 is 12.6 Å². The molecule has 0 aromatic heterocycles. The van der Waals surface area contributed by atoms with Gasteiger partial charge in [0.2, 0.25) is 0 Å². The van der Waals surface area contributed by atoms with Crippen molar-refractivity contribution >= 4 is 12.6 Å². The van der Waals surface area contributed by atoms with Crippen molar-refractivity contribution in [2.45, 2.75) is 46.1 Å². The topological polar surface area (TPSA) is 3.24 Å². The maximum Gasteiger partial charge on any atom is 0.00966 e. The molecule has 0 aromatic carbocycles. The van der Waals surface area contributed by atoms with Gasteiger partial charge in [-0.25, -0.2) is 0 Å². The Hall–Kier alpha value is 0.310. The average Bonchev–Trinajstić information content (AvgIpc) is 2.86. The van der Waals surface area contributed by atoms with Crippen molar-refractivity contribution in [3.63, 3.8) is 0 Å². The zero-order valence-corrected chi connectivity index (χ0v) is 10.1. The molecule has 0 unspecified atom stereocenters. The quantitative estimate of drug-likeness (QED) is 0.647. The van der Waals surface area contributed by atoms with Crippen molar-refractivity contribution in [1.29, 1.82) is 0 Å². The molecular formula is C11H23NS. The van der Waals surface area contributed by atoms with E-state index in [-0.39, 0.29) is 0 Å². The third kappa shape index (κ3) is 3.90. The first-order chi connectivity index (χ1) is 6.09. The van der Waals surface area contributed by atoms with Crippen molar-refractivity contribution in [1.82, 2.24) is 4.90 Å². The molecule has 1 rings (SSSR count). The zero-order chi connectivity index (χ0) is 9.90. The van der Waals surface area contributed by atoms with Crippen LogP contribution in [0.4, 0.5) is 0 Å². The smallest absolute Gasteiger partial charge is 0.00966 e. The van der Waals surface area contributed by atoms with E-state index in [0.717, 1.165) is 11.8 Å². The lowest BCUT2D eigenvalue weighted by molar-refractivity contribution is 0.186. The van der Waals surface area contributed by atoms with Crippen LogP contribution in [-0.4, -0.2) is 29.8 Å². The van der Waals surface area contributed by atoms with Gasteiger partial charge in [0.1, 0.15) is 0 Å². The Labute approximate surface area is 88.3 Å². The Morgan fingerprint density at radius 2 is 2.00 bits per heavy atom. The van der Waals surface area contributed by atoms with Crippen molar-refractivity contribution in [2.75, 3.05) is 18.8 Å². The number of thiol groups is 1. The zero-order valence-electron chi connectivity index (χ0n) is 9.21. The molecular weight excluding hydrogens is 178 g/mol. The summed E-state index contributed by atoms with van der Waals surface area (Å²) in [5.41, 5.74) is 0.376. The number of rotatable bonds is 6. The van der Waals surface area contributed by atoms with E-state index in [1.165, 1.54) is 32.4 Å². The summed E-state index contributed by atoms with van der Waals surface area (Å²) in [6.07, 6.45) is 4.12. The maximum absolute atomic E-state index is 4.41. The number of hydrogen-bond acceptors (Lipinski definition) is 2. The van der Waals surface area contributed by atoms with E-state index in [9.17, 15) is 0 Å². The van der Waals surface area contributed by atoms with Gasteiger partial charge in [0.15, 0.2) is 0 Å². The molecule has 1 aliphatic rings. The second-order valence-electron chi connectivity index (χ2n) is 5.02. The van der Waals surface area contributed by atoms with Gasteiger partial charge in [0, 0.05) is 12.6 Å². The molecule has 1 aliphatic carbocycles. The lowest BCUT2D eigenvalue weighted by atomic mass is 9.95. The van der Waals surface area contributed by atoms with Crippen LogP contribution in [0.15, 0.2) is 0 Å². The highest BCUT2D eigenvalue weighted by atomic mass is 32.1. The molecule has 0 bridgehead atoms. The molecule has 0 saturated heterocycles. The van der Waals surface area contributed by atoms with Crippen LogP contribution in [0, 0.1) is 5.41 Å². The molecule has 0 radical (unpaired) electrons. The number of hydrogen-bond donors (Lipinski definition) is 1. The van der Waals surface area contributed by atoms with Crippen LogP contribution in [-0.2, 0) is 0 Å². The van der Waals surface area contributed by atoms with Gasteiger partial charge in [0.05, 0.1) is 0 Å². The van der Waals surface area contributed by atoms with Crippen LogP contribution < -0.4 is 0 Å². The number of nitrogens with zero attached hydrogens (tertiary/aromatic N) is 1. The normalized spacial score (nSPS) is 18.2. The van der Waals surface area contributed by atoms with Gasteiger partial charge in [-0.3, -0.25) is 4.90 Å². The summed E-state index contributed by atoms with van der Waals surface area (Å²) in [6.45, 7) is 9.37. The van der Waals surface area contributed by atoms with Gasteiger partial charge >= 0.3 is 0 Å². The second kappa shape index (κ2) is 4.70. The van der Waals surface area contributed by atoms with E-state index in [0.29, 0.717) is 5.41 Å². The molecule has 0 aromatic rings. The van der Waals surface area contributed by atoms with Gasteiger partial charge in [-0.05, 0) is 37.0 Å². The highest BCUT2D eigenvalue weighted by Crippen LogP contribution is 2.30. The standard InChI is InChI=1S/C11H23NS/c1-4-7-12(10-5-6-10)8-11(2,3)9-13/h10,13H,4-9H2,1-3H3. The summed E-state index contributed by atoms with van der Waals surface area (Å²) >= 11 is 4.41. The van der Waals surface area contributed by atoms with Crippen LogP contribution in [0.3, 0.4) is 0 Å². The van der Waals surface area contributed by atoms with E-state index in [2.05, 4.69) is 38.3 Å². The Morgan fingerprint density at radius 1 is 1.38 bits per heavy atom. The first-order valence-electron chi connectivity index (χ1n) is 5.44. The van der Waals surface area contributed by atoms with Crippen molar-refractivity contribution in [3.8, 4) is 0 Å². The molecule has 1 saturated carbocycles. The fraction of sp³-hybridized carbons (Fsp3) is 1.00. The van der Waals surface area contributed by atoms with Crippen molar-refractivity contribution in [2.24, 2.45) is 5.41 Å². The summed E-state index contributed by atoms with van der Waals surface area (Å²) in [4.78, 5) is 2.65. The summed E-state index contributed by atoms with van der Waals surface area (Å²) in [6, 6.07) is 0.902. The molecule has 2 heteroatoms. The first kappa shape index (κ1) is 11.4. The lowest BCUT2D eigenvalue weighted by Gasteiger charge is -2.31. The molecule has 0 atom stereocenters. The molecule has 0 N–H and O–H groups in total. The third-order valence-corrected chi connectivity index (χ3v) is 3.49. The highest BCUT2D eigenvalue weighted by Gasteiger charge is 2.31. The van der Waals surface area contributed by atoms with Gasteiger partial charge in [-0.2, -0.15) is 12.6 Å². The van der Waals surface area contributed by atoms with Gasteiger partial charge in [0.25, 0.3) is 0 Å². The van der Waals surface area contributed by atoms with E-state index in [4.69, 9.17) is 0 Å². The minimum absolute atomic E-state index is 0.376. The summed E-state index contributed by atoms with van der Waals surface area (Å²) in [7, 11) is 0. The monoisotopic (exact) mass is 201 g/mol. The van der Waals surface area contributed by atoms with Gasteiger partial charge in [-0.15, -0.1) is 0 Å². The SMILES string of the molecule is CCCN(CC(C)(C)CS)C1CC1. The fourth-order valence-corrected chi connectivity index (χ4v) is 1.82. The van der Waals surface area contributed by atoms with E-state index in [1.807, 2.05) is 0 Å². The summed E-state index contributed by atoms with van der Waals surface area (Å²) in [5.74, 6) is 0.986. The van der Waals surface area contributed by atoms with Crippen LogP contribution in [0.2, 0.25) is 0 Å². The summed E-state index contributed by atoms with van der Waals surface area (Å²) in [5, 5.41) is 0. The lowest BCUT2D eigenvalue weighted by Crippen LogP contribution is -2.37. The predicted octanol–water partition coefficient (Wildman–Crippen LogP) is 2.82. The minimum Gasteiger partial charge on any atom is -0.300 e. The first-order valence-corrected chi connectivity index (χ1v) is 6.07.